The lowest BCUT2D eigenvalue weighted by atomic mass is 9.60. The van der Waals surface area contributed by atoms with Gasteiger partial charge in [-0.2, -0.15) is 5.10 Å². The van der Waals surface area contributed by atoms with Gasteiger partial charge in [0.25, 0.3) is 0 Å². The van der Waals surface area contributed by atoms with Gasteiger partial charge in [0.1, 0.15) is 5.82 Å². The van der Waals surface area contributed by atoms with Crippen molar-refractivity contribution in [3.8, 4) is 0 Å². The number of hydrogen-bond donors (Lipinski definition) is 2. The number of thiophene rings is 1. The lowest BCUT2D eigenvalue weighted by molar-refractivity contribution is -0.0975. The van der Waals surface area contributed by atoms with E-state index in [0.29, 0.717) is 11.5 Å². The van der Waals surface area contributed by atoms with E-state index in [1.807, 2.05) is 83.6 Å². The Bertz CT molecular complexity index is 1610. The average molecular weight is 903 g/mol. The molecule has 0 unspecified atom stereocenters. The minimum absolute atomic E-state index is 0.172. The molecule has 13 heteroatoms. The maximum atomic E-state index is 4.50. The fourth-order valence-electron chi connectivity index (χ4n) is 11.1. The highest BCUT2D eigenvalue weighted by Crippen LogP contribution is 2.54. The fourth-order valence-corrected chi connectivity index (χ4v) is 11.9. The minimum Gasteiger partial charge on any atom is -0.361 e. The molecule has 360 valence electrons. The first-order valence-corrected chi connectivity index (χ1v) is 27.0. The first-order valence-electron chi connectivity index (χ1n) is 26.1. The number of nitrogens with zero attached hydrogens (tertiary/aromatic N) is 10. The zero-order valence-corrected chi connectivity index (χ0v) is 42.3. The first kappa shape index (κ1) is 50.9. The van der Waals surface area contributed by atoms with Crippen molar-refractivity contribution in [2.75, 3.05) is 136 Å². The predicted octanol–water partition coefficient (Wildman–Crippen LogP) is 7.11. The van der Waals surface area contributed by atoms with E-state index in [1.165, 1.54) is 181 Å². The maximum absolute atomic E-state index is 4.50. The van der Waals surface area contributed by atoms with E-state index in [9.17, 15) is 0 Å². The first-order chi connectivity index (χ1) is 31.5. The molecule has 1 spiro atoms. The fraction of sp³-hybridized carbons (Fsp3) is 0.784. The normalized spacial score (nSPS) is 24.3. The Morgan fingerprint density at radius 2 is 1.23 bits per heavy atom. The van der Waals surface area contributed by atoms with E-state index in [2.05, 4.69) is 90.5 Å². The second-order valence-corrected chi connectivity index (χ2v) is 20.2. The molecule has 64 heavy (non-hydrogen) atoms. The van der Waals surface area contributed by atoms with Crippen LogP contribution in [0.25, 0.3) is 0 Å². The molecule has 2 aliphatic carbocycles. The summed E-state index contributed by atoms with van der Waals surface area (Å²) in [6.07, 6.45) is 18.4. The second-order valence-electron chi connectivity index (χ2n) is 19.3. The molecule has 3 aromatic heterocycles. The van der Waals surface area contributed by atoms with Crippen molar-refractivity contribution in [3.05, 3.63) is 60.3 Å². The number of likely N-dealkylation sites (tertiary alicyclic amines) is 2. The molecule has 6 aliphatic heterocycles. The Kier molecular flexibility index (Phi) is 20.8. The maximum Gasteiger partial charge on any atom is 0.148 e. The van der Waals surface area contributed by atoms with Crippen molar-refractivity contribution in [1.29, 1.82) is 0 Å². The van der Waals surface area contributed by atoms with Crippen molar-refractivity contribution in [3.63, 3.8) is 0 Å². The standard InChI is InChI=1S/C15H23N5.C15H24N4.C15H25N3S.3C2H6/c1-4-17-14(18-5-1)15(2-3-15)20-8-6-19(7-9-20)12-13-10-16-11-13;1-4-17-19(7-1)14-8-15(9-14)11-18(12-15)10-13-2-5-16-6-3-13;1-16-6-4-14(5-7-16)13-17-8-10-18(11-9-17)15-3-2-12-19-15;3*1-2/h1,4-5,13,16H,2-3,6-12H2;1,4,7,13-14,16H,2-3,5-6,8-12H2;2-3,12,14H,4-11,13H2,1H3;3*1-2H3. The van der Waals surface area contributed by atoms with Gasteiger partial charge in [0.15, 0.2) is 0 Å². The number of nitrogens with one attached hydrogen (secondary N) is 2. The van der Waals surface area contributed by atoms with Crippen LogP contribution in [-0.2, 0) is 5.54 Å². The van der Waals surface area contributed by atoms with Crippen molar-refractivity contribution in [1.82, 2.24) is 54.9 Å². The van der Waals surface area contributed by atoms with Crippen LogP contribution in [-0.4, -0.2) is 176 Å². The summed E-state index contributed by atoms with van der Waals surface area (Å²) in [5.41, 5.74) is 0.828. The quantitative estimate of drug-likeness (QED) is 0.219. The van der Waals surface area contributed by atoms with Crippen LogP contribution in [0.2, 0.25) is 0 Å². The van der Waals surface area contributed by atoms with Crippen molar-refractivity contribution in [2.24, 2.45) is 23.2 Å². The number of rotatable bonds is 10. The molecule has 6 saturated heterocycles. The van der Waals surface area contributed by atoms with Crippen LogP contribution < -0.4 is 15.5 Å². The van der Waals surface area contributed by atoms with Crippen molar-refractivity contribution in [2.45, 2.75) is 104 Å². The molecule has 0 atom stereocenters. The third kappa shape index (κ3) is 14.0. The molecule has 0 bridgehead atoms. The molecule has 3 aromatic rings. The SMILES string of the molecule is CC.CC.CC.CN1CCC(CN2CCN(c3cccs3)CC2)CC1.c1cnc(C2(N3CCN(CC4CNC4)CC3)CC2)nc1.c1cnn(C2CC3(C2)CN(CC2CCNCC2)C3)c1. The number of hydrogen-bond acceptors (Lipinski definition) is 12. The molecule has 2 saturated carbocycles. The zero-order chi connectivity index (χ0) is 45.2. The number of piperazine rings is 2. The summed E-state index contributed by atoms with van der Waals surface area (Å²) >= 11 is 1.87. The Morgan fingerprint density at radius 1 is 0.641 bits per heavy atom. The molecule has 2 N–H and O–H groups in total. The van der Waals surface area contributed by atoms with Gasteiger partial charge in [0.2, 0.25) is 0 Å². The highest BCUT2D eigenvalue weighted by Gasteiger charge is 2.53. The third-order valence-corrected chi connectivity index (χ3v) is 15.9. The Morgan fingerprint density at radius 3 is 1.78 bits per heavy atom. The van der Waals surface area contributed by atoms with Crippen LogP contribution in [0.3, 0.4) is 0 Å². The minimum atomic E-state index is 0.172. The largest absolute Gasteiger partial charge is 0.361 e. The van der Waals surface area contributed by atoms with Gasteiger partial charge in [-0.15, -0.1) is 11.3 Å². The van der Waals surface area contributed by atoms with E-state index in [4.69, 9.17) is 0 Å². The smallest absolute Gasteiger partial charge is 0.148 e. The van der Waals surface area contributed by atoms with Crippen LogP contribution in [0.4, 0.5) is 5.00 Å². The molecular weight excluding hydrogens is 813 g/mol. The van der Waals surface area contributed by atoms with Gasteiger partial charge in [-0.05, 0) is 137 Å². The lowest BCUT2D eigenvalue weighted by Gasteiger charge is -2.59. The van der Waals surface area contributed by atoms with Gasteiger partial charge < -0.3 is 30.2 Å². The topological polar surface area (TPSA) is 87.1 Å². The second kappa shape index (κ2) is 26.2. The third-order valence-electron chi connectivity index (χ3n) is 14.9. The van der Waals surface area contributed by atoms with Gasteiger partial charge in [-0.1, -0.05) is 41.5 Å². The number of anilines is 1. The molecule has 11 rings (SSSR count). The molecule has 0 aromatic carbocycles. The monoisotopic (exact) mass is 903 g/mol. The van der Waals surface area contributed by atoms with Gasteiger partial charge in [0.05, 0.1) is 16.6 Å². The highest BCUT2D eigenvalue weighted by atomic mass is 32.1. The molecule has 9 heterocycles. The Labute approximate surface area is 393 Å². The van der Waals surface area contributed by atoms with Crippen LogP contribution in [0.5, 0.6) is 0 Å². The molecule has 0 radical (unpaired) electrons. The van der Waals surface area contributed by atoms with E-state index < -0.39 is 0 Å². The summed E-state index contributed by atoms with van der Waals surface area (Å²) in [4.78, 5) is 24.6. The van der Waals surface area contributed by atoms with Gasteiger partial charge in [-0.25, -0.2) is 9.97 Å². The summed E-state index contributed by atoms with van der Waals surface area (Å²) < 4.78 is 2.15. The van der Waals surface area contributed by atoms with Crippen molar-refractivity contribution < 1.29 is 0 Å². The van der Waals surface area contributed by atoms with Gasteiger partial charge in [0, 0.05) is 123 Å². The highest BCUT2D eigenvalue weighted by molar-refractivity contribution is 7.14. The van der Waals surface area contributed by atoms with Crippen LogP contribution in [0.15, 0.2) is 54.4 Å². The van der Waals surface area contributed by atoms with Gasteiger partial charge >= 0.3 is 0 Å². The van der Waals surface area contributed by atoms with Crippen molar-refractivity contribution >= 4 is 16.3 Å². The molecule has 0 amide bonds. The predicted molar refractivity (Wildman–Crippen MR) is 270 cm³/mol. The number of aromatic nitrogens is 4. The molecule has 8 aliphatic rings. The van der Waals surface area contributed by atoms with E-state index in [-0.39, 0.29) is 5.54 Å². The van der Waals surface area contributed by atoms with E-state index >= 15 is 0 Å². The number of piperidine rings is 2. The zero-order valence-electron chi connectivity index (χ0n) is 41.5. The van der Waals surface area contributed by atoms with Crippen LogP contribution in [0.1, 0.15) is 105 Å². The lowest BCUT2D eigenvalue weighted by Crippen LogP contribution is -2.63. The average Bonchev–Trinajstić information content (AvgIpc) is 3.63. The molecule has 12 nitrogen and oxygen atoms in total. The summed E-state index contributed by atoms with van der Waals surface area (Å²) in [5.74, 6) is 3.80. The molecule has 8 fully saturated rings. The molecular formula is C51H90N12S. The summed E-state index contributed by atoms with van der Waals surface area (Å²) in [6.45, 7) is 35.7. The van der Waals surface area contributed by atoms with E-state index in [1.54, 1.807) is 0 Å². The summed E-state index contributed by atoms with van der Waals surface area (Å²) in [7, 11) is 2.25. The Hall–Kier alpha value is -2.49. The summed E-state index contributed by atoms with van der Waals surface area (Å²) in [5, 5.41) is 14.8. The van der Waals surface area contributed by atoms with E-state index in [0.717, 1.165) is 23.6 Å². The van der Waals surface area contributed by atoms with Gasteiger partial charge in [-0.3, -0.25) is 14.5 Å². The van der Waals surface area contributed by atoms with Crippen LogP contribution >= 0.6 is 11.3 Å². The summed E-state index contributed by atoms with van der Waals surface area (Å²) in [6, 6.07) is 9.03. The van der Waals surface area contributed by atoms with Crippen LogP contribution in [0, 0.1) is 23.2 Å². The Balaban J connectivity index is 0.000000150.